The van der Waals surface area contributed by atoms with E-state index >= 15 is 0 Å². The molecular weight excluding hydrogens is 279 g/mol. The van der Waals surface area contributed by atoms with Gasteiger partial charge in [0.05, 0.1) is 11.6 Å². The van der Waals surface area contributed by atoms with E-state index in [1.165, 1.54) is 14.2 Å². The highest BCUT2D eigenvalue weighted by Gasteiger charge is 1.92. The number of hydrogen-bond acceptors (Lipinski definition) is 8. The van der Waals surface area contributed by atoms with Crippen LogP contribution in [0.4, 0.5) is 0 Å². The lowest BCUT2D eigenvalue weighted by Gasteiger charge is -2.22. The Morgan fingerprint density at radius 2 is 2.27 bits per heavy atom. The lowest BCUT2D eigenvalue weighted by molar-refractivity contribution is 0.354. The van der Waals surface area contributed by atoms with Crippen LogP contribution in [0.2, 0.25) is 0 Å². The van der Waals surface area contributed by atoms with Gasteiger partial charge in [-0.1, -0.05) is 11.8 Å². The fraction of sp³-hybridized carbons (Fsp3) is 0.600. The molecule has 0 unspecified atom stereocenters. The molecule has 15 heavy (non-hydrogen) atoms. The second kappa shape index (κ2) is 7.48. The highest BCUT2D eigenvalue weighted by Crippen LogP contribution is 2.43. The predicted molar refractivity (Wildman–Crippen MR) is 65.4 cm³/mol. The van der Waals surface area contributed by atoms with Crippen LogP contribution in [0, 0.1) is 0 Å². The average molecular weight is 289 g/mol. The lowest BCUT2D eigenvalue weighted by Crippen LogP contribution is -2.12. The third kappa shape index (κ3) is 6.39. The third-order valence-electron chi connectivity index (χ3n) is 1.13. The fourth-order valence-corrected chi connectivity index (χ4v) is 0.740. The Kier molecular flexibility index (Phi) is 7.58. The van der Waals surface area contributed by atoms with Gasteiger partial charge in [0.25, 0.3) is 0 Å². The molecule has 0 radical (unpaired) electrons. The summed E-state index contributed by atoms with van der Waals surface area (Å²) in [7, 11) is 2.91. The molecule has 0 atom stereocenters. The minimum atomic E-state index is -2.24. The van der Waals surface area contributed by atoms with Gasteiger partial charge < -0.3 is 25.7 Å². The summed E-state index contributed by atoms with van der Waals surface area (Å²) in [6.07, 6.45) is 1.08. The zero-order chi connectivity index (χ0) is 11.9. The molecule has 10 heteroatoms. The summed E-state index contributed by atoms with van der Waals surface area (Å²) >= 11 is 13.0. The molecular formula is C5H10N2O4PS3-. The Labute approximate surface area is 103 Å². The van der Waals surface area contributed by atoms with Crippen LogP contribution in [-0.4, -0.2) is 24.0 Å². The summed E-state index contributed by atoms with van der Waals surface area (Å²) in [5.41, 5.74) is -2.24. The average Bonchev–Trinajstić information content (AvgIpc) is 2.65. The van der Waals surface area contributed by atoms with E-state index in [0.29, 0.717) is 0 Å². The van der Waals surface area contributed by atoms with E-state index in [4.69, 9.17) is 0 Å². The fourth-order valence-electron chi connectivity index (χ4n) is 0.402. The molecule has 0 saturated heterocycles. The van der Waals surface area contributed by atoms with E-state index in [2.05, 4.69) is 55.2 Å². The quantitative estimate of drug-likeness (QED) is 0.501. The first-order valence-corrected chi connectivity index (χ1v) is 7.79. The number of nitrogens with zero attached hydrogens (tertiary/aromatic N) is 2. The number of hydrogen-bond donors (Lipinski definition) is 1. The van der Waals surface area contributed by atoms with E-state index in [1.54, 1.807) is 0 Å². The highest BCUT2D eigenvalue weighted by atomic mass is 32.9. The topological polar surface area (TPSA) is 66.5 Å². The van der Waals surface area contributed by atoms with Gasteiger partial charge in [0.15, 0.2) is 0 Å². The Morgan fingerprint density at radius 3 is 2.40 bits per heavy atom. The Morgan fingerprint density at radius 1 is 1.73 bits per heavy atom. The van der Waals surface area contributed by atoms with Crippen LogP contribution in [0.1, 0.15) is 0 Å². The summed E-state index contributed by atoms with van der Waals surface area (Å²) in [5.74, 6) is -0.213. The van der Waals surface area contributed by atoms with Crippen LogP contribution in [0.15, 0.2) is 15.6 Å². The Balaban J connectivity index is 0.000000265. The van der Waals surface area contributed by atoms with Crippen molar-refractivity contribution in [1.82, 2.24) is 9.78 Å². The van der Waals surface area contributed by atoms with E-state index in [1.807, 2.05) is 0 Å². The molecule has 1 heterocycles. The van der Waals surface area contributed by atoms with Crippen molar-refractivity contribution < 1.29 is 13.5 Å². The summed E-state index contributed by atoms with van der Waals surface area (Å²) in [6.45, 7) is 0. The number of rotatable bonds is 3. The van der Waals surface area contributed by atoms with Crippen LogP contribution < -0.4 is 5.76 Å². The number of aromatic nitrogens is 2. The SMILES string of the molecule is COP(=S)([S-])OC.O=c1ocnn1CS. The first-order valence-electron chi connectivity index (χ1n) is 3.51. The molecule has 1 rings (SSSR count). The molecule has 88 valence electrons. The smallest absolute Gasteiger partial charge is 0.437 e. The van der Waals surface area contributed by atoms with Crippen molar-refractivity contribution in [2.45, 2.75) is 5.88 Å². The largest absolute Gasteiger partial charge is 0.691 e. The molecule has 0 amide bonds. The molecule has 0 N–H and O–H groups in total. The Hall–Kier alpha value is 0.210. The molecule has 0 bridgehead atoms. The maximum Gasteiger partial charge on any atom is 0.437 e. The molecule has 0 aliphatic heterocycles. The number of thiol groups is 1. The summed E-state index contributed by atoms with van der Waals surface area (Å²) in [6, 6.07) is 0. The van der Waals surface area contributed by atoms with Crippen LogP contribution in [0.5, 0.6) is 0 Å². The minimum Gasteiger partial charge on any atom is -0.691 e. The summed E-state index contributed by atoms with van der Waals surface area (Å²) < 4.78 is 14.6. The second-order valence-electron chi connectivity index (χ2n) is 1.96. The predicted octanol–water partition coefficient (Wildman–Crippen LogP) is 0.774. The maximum atomic E-state index is 10.3. The van der Waals surface area contributed by atoms with E-state index < -0.39 is 11.4 Å². The van der Waals surface area contributed by atoms with Crippen molar-refractivity contribution in [3.8, 4) is 0 Å². The van der Waals surface area contributed by atoms with Crippen molar-refractivity contribution in [2.75, 3.05) is 14.2 Å². The first kappa shape index (κ1) is 15.2. The molecule has 1 aromatic rings. The van der Waals surface area contributed by atoms with Crippen molar-refractivity contribution in [1.29, 1.82) is 0 Å². The molecule has 0 aliphatic carbocycles. The van der Waals surface area contributed by atoms with E-state index in [0.717, 1.165) is 11.1 Å². The van der Waals surface area contributed by atoms with Crippen LogP contribution in [0.3, 0.4) is 0 Å². The Bertz CT molecular complexity index is 370. The summed E-state index contributed by atoms with van der Waals surface area (Å²) in [4.78, 5) is 10.3. The van der Waals surface area contributed by atoms with Crippen LogP contribution in [0.25, 0.3) is 0 Å². The molecule has 6 nitrogen and oxygen atoms in total. The molecule has 0 spiro atoms. The zero-order valence-corrected chi connectivity index (χ0v) is 11.4. The molecule has 0 aromatic carbocycles. The third-order valence-corrected chi connectivity index (χ3v) is 4.08. The van der Waals surface area contributed by atoms with Gasteiger partial charge in [-0.15, -0.1) is 5.10 Å². The zero-order valence-electron chi connectivity index (χ0n) is 8.02. The monoisotopic (exact) mass is 289 g/mol. The van der Waals surface area contributed by atoms with Gasteiger partial charge in [-0.25, -0.2) is 4.79 Å². The first-order chi connectivity index (χ1) is 6.96. The van der Waals surface area contributed by atoms with Gasteiger partial charge in [0, 0.05) is 14.2 Å². The van der Waals surface area contributed by atoms with Crippen LogP contribution >= 0.6 is 18.3 Å². The van der Waals surface area contributed by atoms with Gasteiger partial charge in [-0.2, -0.15) is 17.3 Å². The lowest BCUT2D eigenvalue weighted by atomic mass is 11.2. The van der Waals surface area contributed by atoms with Gasteiger partial charge in [0.1, 0.15) is 0 Å². The van der Waals surface area contributed by atoms with Gasteiger partial charge >= 0.3 is 5.76 Å². The molecule has 0 saturated carbocycles. The maximum absolute atomic E-state index is 10.3. The van der Waals surface area contributed by atoms with Gasteiger partial charge in [0.2, 0.25) is 6.39 Å². The van der Waals surface area contributed by atoms with Crippen molar-refractivity contribution in [3.05, 3.63) is 16.9 Å². The van der Waals surface area contributed by atoms with Crippen molar-refractivity contribution in [2.24, 2.45) is 0 Å². The van der Waals surface area contributed by atoms with Crippen LogP contribution in [-0.2, 0) is 39.0 Å². The highest BCUT2D eigenvalue weighted by molar-refractivity contribution is 8.51. The van der Waals surface area contributed by atoms with E-state index in [9.17, 15) is 4.79 Å². The molecule has 0 aliphatic rings. The summed E-state index contributed by atoms with van der Waals surface area (Å²) in [5, 5.41) is 3.50. The van der Waals surface area contributed by atoms with Gasteiger partial charge in [-0.3, -0.25) is 0 Å². The van der Waals surface area contributed by atoms with Gasteiger partial charge in [-0.05, 0) is 0 Å². The second-order valence-corrected chi connectivity index (χ2v) is 7.44. The normalized spacial score (nSPS) is 10.7. The molecule has 0 fully saturated rings. The minimum absolute atomic E-state index is 0.259. The van der Waals surface area contributed by atoms with Crippen molar-refractivity contribution >= 4 is 42.4 Å². The molecule has 1 aromatic heterocycles. The van der Waals surface area contributed by atoms with Crippen molar-refractivity contribution in [3.63, 3.8) is 0 Å². The standard InChI is InChI=1S/C3H4N2O2S.C2H7O2PS2/c6-3-5(2-8)4-1-7-3;1-3-5(6,7)4-2/h1,8H,2H2;1-2H3,(H,6,7)/p-1. The van der Waals surface area contributed by atoms with E-state index in [-0.39, 0.29) is 5.88 Å².